The fraction of sp³-hybridized carbons (Fsp3) is 1.00. The van der Waals surface area contributed by atoms with E-state index >= 15 is 0 Å². The molecule has 1 atom stereocenters. The van der Waals surface area contributed by atoms with E-state index in [0.29, 0.717) is 6.04 Å². The summed E-state index contributed by atoms with van der Waals surface area (Å²) < 4.78 is 0. The van der Waals surface area contributed by atoms with Crippen LogP contribution in [0.25, 0.3) is 0 Å². The number of hydrogen-bond acceptors (Lipinski definition) is 2. The van der Waals surface area contributed by atoms with Gasteiger partial charge in [0, 0.05) is 6.04 Å². The van der Waals surface area contributed by atoms with Gasteiger partial charge in [-0.05, 0) is 59.4 Å². The lowest BCUT2D eigenvalue weighted by Crippen LogP contribution is -2.33. The first-order valence-electron chi connectivity index (χ1n) is 7.36. The fourth-order valence-corrected chi connectivity index (χ4v) is 1.47. The van der Waals surface area contributed by atoms with Crippen LogP contribution >= 0.6 is 0 Å². The van der Waals surface area contributed by atoms with E-state index < -0.39 is 0 Å². The van der Waals surface area contributed by atoms with Crippen LogP contribution in [0, 0.1) is 5.92 Å². The maximum absolute atomic E-state index is 2.49. The lowest BCUT2D eigenvalue weighted by atomic mass is 10.1. The Morgan fingerprint density at radius 3 is 1.82 bits per heavy atom. The van der Waals surface area contributed by atoms with E-state index in [4.69, 9.17) is 0 Å². The monoisotopic (exact) mass is 244 g/mol. The van der Waals surface area contributed by atoms with Crippen molar-refractivity contribution < 1.29 is 0 Å². The molecule has 106 valence electrons. The minimum Gasteiger partial charge on any atom is -0.307 e. The number of nitrogens with zero attached hydrogens (tertiary/aromatic N) is 2. The molecule has 0 aliphatic heterocycles. The van der Waals surface area contributed by atoms with Crippen LogP contribution in [0.3, 0.4) is 0 Å². The van der Waals surface area contributed by atoms with Crippen molar-refractivity contribution in [3.63, 3.8) is 0 Å². The minimum absolute atomic E-state index is 0.706. The second-order valence-electron chi connectivity index (χ2n) is 5.20. The molecule has 0 aliphatic rings. The summed E-state index contributed by atoms with van der Waals surface area (Å²) in [4.78, 5) is 4.87. The third kappa shape index (κ3) is 12.2. The normalized spacial score (nSPS) is 12.9. The van der Waals surface area contributed by atoms with E-state index in [9.17, 15) is 0 Å². The summed E-state index contributed by atoms with van der Waals surface area (Å²) in [6.45, 7) is 16.7. The van der Waals surface area contributed by atoms with Crippen molar-refractivity contribution in [1.29, 1.82) is 0 Å². The molecule has 0 amide bonds. The van der Waals surface area contributed by atoms with Crippen molar-refractivity contribution in [2.24, 2.45) is 5.92 Å². The molecule has 0 aromatic heterocycles. The second kappa shape index (κ2) is 12.4. The first-order chi connectivity index (χ1) is 7.97. The van der Waals surface area contributed by atoms with Gasteiger partial charge < -0.3 is 9.80 Å². The first kappa shape index (κ1) is 19.3. The molecule has 0 heterocycles. The van der Waals surface area contributed by atoms with Crippen molar-refractivity contribution in [1.82, 2.24) is 9.80 Å². The Balaban J connectivity index is 0. The lowest BCUT2D eigenvalue weighted by molar-refractivity contribution is 0.211. The smallest absolute Gasteiger partial charge is 0.00760 e. The molecule has 0 fully saturated rings. The Kier molecular flexibility index (Phi) is 14.0. The van der Waals surface area contributed by atoms with E-state index in [1.165, 1.54) is 25.9 Å². The van der Waals surface area contributed by atoms with Crippen LogP contribution in [0.4, 0.5) is 0 Å². The van der Waals surface area contributed by atoms with Gasteiger partial charge in [0.05, 0.1) is 0 Å². The third-order valence-corrected chi connectivity index (χ3v) is 3.28. The Labute approximate surface area is 110 Å². The maximum atomic E-state index is 2.49. The van der Waals surface area contributed by atoms with Crippen LogP contribution in [0.2, 0.25) is 0 Å². The van der Waals surface area contributed by atoms with Crippen LogP contribution in [-0.4, -0.2) is 49.6 Å². The van der Waals surface area contributed by atoms with Crippen molar-refractivity contribution in [2.45, 2.75) is 60.4 Å². The molecule has 0 saturated heterocycles. The molecule has 0 bridgehead atoms. The maximum Gasteiger partial charge on any atom is 0.00760 e. The van der Waals surface area contributed by atoms with Crippen molar-refractivity contribution >= 4 is 0 Å². The average molecular weight is 244 g/mol. The minimum atomic E-state index is 0.706. The zero-order valence-electron chi connectivity index (χ0n) is 13.6. The number of hydrogen-bond donors (Lipinski definition) is 0. The summed E-state index contributed by atoms with van der Waals surface area (Å²) in [5.74, 6) is 0.818. The van der Waals surface area contributed by atoms with E-state index in [0.717, 1.165) is 12.5 Å². The molecule has 0 saturated carbocycles. The van der Waals surface area contributed by atoms with Gasteiger partial charge in [-0.3, -0.25) is 0 Å². The molecule has 0 radical (unpaired) electrons. The molecule has 17 heavy (non-hydrogen) atoms. The molecular formula is C15H36N2. The van der Waals surface area contributed by atoms with Gasteiger partial charge in [0.15, 0.2) is 0 Å². The summed E-state index contributed by atoms with van der Waals surface area (Å²) in [6, 6.07) is 0.706. The second-order valence-corrected chi connectivity index (χ2v) is 5.20. The zero-order valence-corrected chi connectivity index (χ0v) is 13.6. The molecule has 2 heteroatoms. The third-order valence-electron chi connectivity index (χ3n) is 3.28. The van der Waals surface area contributed by atoms with Gasteiger partial charge in [-0.2, -0.15) is 0 Å². The zero-order chi connectivity index (χ0) is 13.8. The van der Waals surface area contributed by atoms with Gasteiger partial charge in [0.2, 0.25) is 0 Å². The summed E-state index contributed by atoms with van der Waals surface area (Å²) >= 11 is 0. The van der Waals surface area contributed by atoms with E-state index in [1.54, 1.807) is 0 Å². The highest BCUT2D eigenvalue weighted by molar-refractivity contribution is 4.65. The molecule has 0 spiro atoms. The van der Waals surface area contributed by atoms with Gasteiger partial charge in [-0.25, -0.2) is 0 Å². The molecule has 0 aromatic rings. The summed E-state index contributed by atoms with van der Waals surface area (Å²) in [6.07, 6.45) is 2.59. The Morgan fingerprint density at radius 2 is 1.41 bits per heavy atom. The Hall–Kier alpha value is -0.0800. The van der Waals surface area contributed by atoms with Gasteiger partial charge >= 0.3 is 0 Å². The molecule has 0 aliphatic carbocycles. The molecular weight excluding hydrogens is 208 g/mol. The highest BCUT2D eigenvalue weighted by Gasteiger charge is 2.09. The van der Waals surface area contributed by atoms with Crippen molar-refractivity contribution in [3.05, 3.63) is 0 Å². The van der Waals surface area contributed by atoms with E-state index in [1.807, 2.05) is 13.8 Å². The summed E-state index contributed by atoms with van der Waals surface area (Å²) in [5.41, 5.74) is 0. The standard InChI is InChI=1S/C13H30N2.C2H6/c1-7-14(5)10-9-13(4)15(6)11-8-12(2)3;1-2/h12-13H,7-11H2,1-6H3;1-2H3. The molecule has 0 aromatic carbocycles. The van der Waals surface area contributed by atoms with Crippen LogP contribution < -0.4 is 0 Å². The summed E-state index contributed by atoms with van der Waals surface area (Å²) in [5, 5.41) is 0. The average Bonchev–Trinajstić information content (AvgIpc) is 2.34. The van der Waals surface area contributed by atoms with Crippen LogP contribution in [-0.2, 0) is 0 Å². The van der Waals surface area contributed by atoms with E-state index in [-0.39, 0.29) is 0 Å². The molecule has 0 rings (SSSR count). The lowest BCUT2D eigenvalue weighted by Gasteiger charge is -2.27. The largest absolute Gasteiger partial charge is 0.307 e. The van der Waals surface area contributed by atoms with Crippen molar-refractivity contribution in [3.8, 4) is 0 Å². The Bertz CT molecular complexity index is 146. The van der Waals surface area contributed by atoms with Crippen molar-refractivity contribution in [2.75, 3.05) is 33.7 Å². The predicted molar refractivity (Wildman–Crippen MR) is 80.7 cm³/mol. The molecule has 1 unspecified atom stereocenters. The van der Waals surface area contributed by atoms with Crippen LogP contribution in [0.15, 0.2) is 0 Å². The van der Waals surface area contributed by atoms with E-state index in [2.05, 4.69) is 51.6 Å². The molecule has 2 nitrogen and oxygen atoms in total. The van der Waals surface area contributed by atoms with Crippen LogP contribution in [0.1, 0.15) is 54.4 Å². The predicted octanol–water partition coefficient (Wildman–Crippen LogP) is 3.72. The SMILES string of the molecule is CC.CCN(C)CCC(C)N(C)CCC(C)C. The fourth-order valence-electron chi connectivity index (χ4n) is 1.47. The quantitative estimate of drug-likeness (QED) is 0.642. The highest BCUT2D eigenvalue weighted by Crippen LogP contribution is 2.06. The Morgan fingerprint density at radius 1 is 0.882 bits per heavy atom. The summed E-state index contributed by atoms with van der Waals surface area (Å²) in [7, 11) is 4.44. The van der Waals surface area contributed by atoms with Gasteiger partial charge in [0.1, 0.15) is 0 Å². The molecule has 0 N–H and O–H groups in total. The van der Waals surface area contributed by atoms with Gasteiger partial charge in [-0.15, -0.1) is 0 Å². The van der Waals surface area contributed by atoms with Crippen LogP contribution in [0.5, 0.6) is 0 Å². The van der Waals surface area contributed by atoms with Gasteiger partial charge in [0.25, 0.3) is 0 Å². The number of rotatable bonds is 8. The topological polar surface area (TPSA) is 6.48 Å². The highest BCUT2D eigenvalue weighted by atomic mass is 15.1. The van der Waals surface area contributed by atoms with Gasteiger partial charge in [-0.1, -0.05) is 34.6 Å². The first-order valence-corrected chi connectivity index (χ1v) is 7.36.